The van der Waals surface area contributed by atoms with Gasteiger partial charge in [0.25, 0.3) is 0 Å². The van der Waals surface area contributed by atoms with Crippen molar-refractivity contribution in [2.45, 2.75) is 65.0 Å². The van der Waals surface area contributed by atoms with Crippen molar-refractivity contribution in [1.29, 1.82) is 0 Å². The summed E-state index contributed by atoms with van der Waals surface area (Å²) < 4.78 is 5.15. The summed E-state index contributed by atoms with van der Waals surface area (Å²) in [6.07, 6.45) is 6.34. The molecule has 1 aliphatic rings. The van der Waals surface area contributed by atoms with E-state index >= 15 is 0 Å². The van der Waals surface area contributed by atoms with E-state index in [0.29, 0.717) is 12.6 Å². The summed E-state index contributed by atoms with van der Waals surface area (Å²) in [6, 6.07) is 0.116. The van der Waals surface area contributed by atoms with Crippen molar-refractivity contribution in [3.05, 3.63) is 0 Å². The minimum Gasteiger partial charge on any atom is -0.465 e. The van der Waals surface area contributed by atoms with E-state index in [1.807, 2.05) is 6.92 Å². The van der Waals surface area contributed by atoms with Gasteiger partial charge in [0.15, 0.2) is 0 Å². The fraction of sp³-hybridized carbons (Fsp3) is 0.938. The number of esters is 1. The van der Waals surface area contributed by atoms with Gasteiger partial charge in [0, 0.05) is 12.6 Å². The molecule has 4 heteroatoms. The molecular formula is C16H32N2O2. The van der Waals surface area contributed by atoms with E-state index in [-0.39, 0.29) is 12.0 Å². The van der Waals surface area contributed by atoms with Gasteiger partial charge in [-0.25, -0.2) is 0 Å². The number of carbonyl (C=O) groups excluding carboxylic acids is 1. The van der Waals surface area contributed by atoms with Crippen molar-refractivity contribution < 1.29 is 9.53 Å². The molecule has 0 saturated heterocycles. The molecule has 0 aromatic carbocycles. The molecule has 0 heterocycles. The third-order valence-electron chi connectivity index (χ3n) is 3.95. The zero-order chi connectivity index (χ0) is 15.0. The van der Waals surface area contributed by atoms with Crippen LogP contribution in [-0.4, -0.2) is 49.7 Å². The lowest BCUT2D eigenvalue weighted by molar-refractivity contribution is -0.146. The van der Waals surface area contributed by atoms with Gasteiger partial charge in [-0.05, 0) is 45.7 Å². The molecule has 1 rings (SSSR count). The van der Waals surface area contributed by atoms with Gasteiger partial charge in [-0.15, -0.1) is 0 Å². The van der Waals surface area contributed by atoms with Crippen LogP contribution in [0.4, 0.5) is 0 Å². The molecule has 0 radical (unpaired) electrons. The van der Waals surface area contributed by atoms with Crippen LogP contribution in [0, 0.1) is 5.92 Å². The lowest BCUT2D eigenvalue weighted by atomic mass is 10.1. The summed E-state index contributed by atoms with van der Waals surface area (Å²) in [4.78, 5) is 14.3. The van der Waals surface area contributed by atoms with Gasteiger partial charge in [0.05, 0.1) is 6.61 Å². The third kappa shape index (κ3) is 6.71. The summed E-state index contributed by atoms with van der Waals surface area (Å²) in [7, 11) is 2.16. The van der Waals surface area contributed by atoms with Crippen molar-refractivity contribution in [2.24, 2.45) is 5.92 Å². The first-order valence-corrected chi connectivity index (χ1v) is 8.14. The zero-order valence-corrected chi connectivity index (χ0v) is 13.7. The number of nitrogens with one attached hydrogen (secondary N) is 1. The predicted molar refractivity (Wildman–Crippen MR) is 82.8 cm³/mol. The lowest BCUT2D eigenvalue weighted by Gasteiger charge is -2.24. The molecule has 0 amide bonds. The fourth-order valence-electron chi connectivity index (χ4n) is 2.99. The maximum atomic E-state index is 11.9. The van der Waals surface area contributed by atoms with E-state index in [1.54, 1.807) is 0 Å². The second kappa shape index (κ2) is 9.35. The lowest BCUT2D eigenvalue weighted by Crippen LogP contribution is -2.44. The molecule has 1 unspecified atom stereocenters. The molecule has 20 heavy (non-hydrogen) atoms. The largest absolute Gasteiger partial charge is 0.465 e. The van der Waals surface area contributed by atoms with E-state index in [0.717, 1.165) is 25.4 Å². The molecule has 0 bridgehead atoms. The van der Waals surface area contributed by atoms with Crippen LogP contribution in [0.5, 0.6) is 0 Å². The zero-order valence-electron chi connectivity index (χ0n) is 13.7. The van der Waals surface area contributed by atoms with E-state index in [2.05, 4.69) is 31.1 Å². The first-order valence-electron chi connectivity index (χ1n) is 8.14. The van der Waals surface area contributed by atoms with E-state index in [9.17, 15) is 4.79 Å². The first kappa shape index (κ1) is 17.4. The van der Waals surface area contributed by atoms with Crippen molar-refractivity contribution in [1.82, 2.24) is 10.2 Å². The summed E-state index contributed by atoms with van der Waals surface area (Å²) >= 11 is 0. The van der Waals surface area contributed by atoms with Gasteiger partial charge >= 0.3 is 5.97 Å². The van der Waals surface area contributed by atoms with Crippen LogP contribution in [-0.2, 0) is 9.53 Å². The molecule has 1 atom stereocenters. The highest BCUT2D eigenvalue weighted by atomic mass is 16.5. The van der Waals surface area contributed by atoms with Crippen LogP contribution in [0.3, 0.4) is 0 Å². The normalized spacial score (nSPS) is 17.9. The molecule has 0 spiro atoms. The minimum absolute atomic E-state index is 0.115. The van der Waals surface area contributed by atoms with E-state index < -0.39 is 0 Å². The van der Waals surface area contributed by atoms with Crippen LogP contribution >= 0.6 is 0 Å². The number of hydrogen-bond donors (Lipinski definition) is 1. The highest BCUT2D eigenvalue weighted by Crippen LogP contribution is 2.25. The van der Waals surface area contributed by atoms with Crippen molar-refractivity contribution in [3.8, 4) is 0 Å². The van der Waals surface area contributed by atoms with Crippen molar-refractivity contribution in [2.75, 3.05) is 26.7 Å². The molecule has 0 aromatic rings. The molecule has 1 N–H and O–H groups in total. The SMILES string of the molecule is CCOC(=O)C(CCN(C)CC1CCCC1)NC(C)C. The van der Waals surface area contributed by atoms with Gasteiger partial charge in [0.1, 0.15) is 6.04 Å². The molecule has 1 fully saturated rings. The highest BCUT2D eigenvalue weighted by Gasteiger charge is 2.22. The Balaban J connectivity index is 2.33. The Kier molecular flexibility index (Phi) is 8.15. The molecular weight excluding hydrogens is 252 g/mol. The Hall–Kier alpha value is -0.610. The maximum Gasteiger partial charge on any atom is 0.323 e. The number of ether oxygens (including phenoxy) is 1. The maximum absolute atomic E-state index is 11.9. The van der Waals surface area contributed by atoms with Gasteiger partial charge in [-0.1, -0.05) is 26.7 Å². The van der Waals surface area contributed by atoms with Gasteiger partial charge in [0.2, 0.25) is 0 Å². The fourth-order valence-corrected chi connectivity index (χ4v) is 2.99. The Morgan fingerprint density at radius 2 is 2.00 bits per heavy atom. The molecule has 0 aliphatic heterocycles. The number of hydrogen-bond acceptors (Lipinski definition) is 4. The number of nitrogens with zero attached hydrogens (tertiary/aromatic N) is 1. The smallest absolute Gasteiger partial charge is 0.323 e. The van der Waals surface area contributed by atoms with Gasteiger partial charge in [-0.3, -0.25) is 4.79 Å². The second-order valence-electron chi connectivity index (χ2n) is 6.33. The Morgan fingerprint density at radius 3 is 2.55 bits per heavy atom. The van der Waals surface area contributed by atoms with Crippen LogP contribution in [0.15, 0.2) is 0 Å². The van der Waals surface area contributed by atoms with Crippen LogP contribution in [0.2, 0.25) is 0 Å². The summed E-state index contributed by atoms with van der Waals surface area (Å²) in [6.45, 7) is 8.55. The monoisotopic (exact) mass is 284 g/mol. The summed E-state index contributed by atoms with van der Waals surface area (Å²) in [5.41, 5.74) is 0. The minimum atomic E-state index is -0.180. The Labute approximate surface area is 124 Å². The third-order valence-corrected chi connectivity index (χ3v) is 3.95. The average molecular weight is 284 g/mol. The van der Waals surface area contributed by atoms with Crippen LogP contribution < -0.4 is 5.32 Å². The number of rotatable bonds is 9. The van der Waals surface area contributed by atoms with E-state index in [1.165, 1.54) is 25.7 Å². The molecule has 1 saturated carbocycles. The van der Waals surface area contributed by atoms with Crippen molar-refractivity contribution in [3.63, 3.8) is 0 Å². The Morgan fingerprint density at radius 1 is 1.35 bits per heavy atom. The molecule has 4 nitrogen and oxygen atoms in total. The van der Waals surface area contributed by atoms with Crippen molar-refractivity contribution >= 4 is 5.97 Å². The Bertz CT molecular complexity index is 276. The first-order chi connectivity index (χ1) is 9.52. The highest BCUT2D eigenvalue weighted by molar-refractivity contribution is 5.75. The van der Waals surface area contributed by atoms with Gasteiger partial charge < -0.3 is 15.0 Å². The average Bonchev–Trinajstić information content (AvgIpc) is 2.87. The van der Waals surface area contributed by atoms with Crippen LogP contribution in [0.25, 0.3) is 0 Å². The topological polar surface area (TPSA) is 41.6 Å². The number of carbonyl (C=O) groups is 1. The molecule has 1 aliphatic carbocycles. The summed E-state index contributed by atoms with van der Waals surface area (Å²) in [5, 5.41) is 3.31. The predicted octanol–water partition coefficient (Wildman–Crippen LogP) is 2.43. The quantitative estimate of drug-likeness (QED) is 0.660. The second-order valence-corrected chi connectivity index (χ2v) is 6.33. The van der Waals surface area contributed by atoms with Gasteiger partial charge in [-0.2, -0.15) is 0 Å². The molecule has 118 valence electrons. The van der Waals surface area contributed by atoms with E-state index in [4.69, 9.17) is 4.74 Å². The molecule has 0 aromatic heterocycles. The summed E-state index contributed by atoms with van der Waals surface area (Å²) in [5.74, 6) is 0.745. The van der Waals surface area contributed by atoms with Crippen LogP contribution in [0.1, 0.15) is 52.9 Å². The standard InChI is InChI=1S/C16H32N2O2/c1-5-20-16(19)15(17-13(2)3)10-11-18(4)12-14-8-6-7-9-14/h13-15,17H,5-12H2,1-4H3.